The van der Waals surface area contributed by atoms with Crippen LogP contribution in [0.15, 0.2) is 11.8 Å². The van der Waals surface area contributed by atoms with E-state index >= 15 is 0 Å². The van der Waals surface area contributed by atoms with Gasteiger partial charge in [0, 0.05) is 17.8 Å². The summed E-state index contributed by atoms with van der Waals surface area (Å²) in [6.45, 7) is 0.656. The fraction of sp³-hybridized carbons (Fsp3) is 0.571. The maximum absolute atomic E-state index is 11.0. The van der Waals surface area contributed by atoms with Crippen LogP contribution in [0.5, 0.6) is 0 Å². The fourth-order valence-electron chi connectivity index (χ4n) is 1.26. The molecule has 0 radical (unpaired) electrons. The molecule has 1 aliphatic carbocycles. The Bertz CT molecular complexity index is 206. The van der Waals surface area contributed by atoms with Crippen molar-refractivity contribution in [2.24, 2.45) is 5.73 Å². The third kappa shape index (κ3) is 0.781. The van der Waals surface area contributed by atoms with Gasteiger partial charge in [-0.15, -0.1) is 0 Å². The highest BCUT2D eigenvalue weighted by atomic mass is 16.2. The van der Waals surface area contributed by atoms with E-state index in [1.165, 1.54) is 6.08 Å². The molecule has 0 spiro atoms. The minimum absolute atomic E-state index is 0.0972. The van der Waals surface area contributed by atoms with Gasteiger partial charge in [-0.3, -0.25) is 4.79 Å². The molecule has 0 unspecified atom stereocenters. The highest BCUT2D eigenvalue weighted by molar-refractivity contribution is 5.91. The van der Waals surface area contributed by atoms with Crippen LogP contribution in [0.1, 0.15) is 12.8 Å². The first-order valence-electron chi connectivity index (χ1n) is 3.54. The third-order valence-electron chi connectivity index (χ3n) is 1.93. The topological polar surface area (TPSA) is 46.3 Å². The van der Waals surface area contributed by atoms with E-state index in [0.717, 1.165) is 12.8 Å². The Hall–Kier alpha value is -0.990. The number of amides is 1. The number of nitrogens with zero attached hydrogens (tertiary/aromatic N) is 1. The number of carbonyl (C=O) groups excluding carboxylic acids is 1. The van der Waals surface area contributed by atoms with Gasteiger partial charge < -0.3 is 10.6 Å². The summed E-state index contributed by atoms with van der Waals surface area (Å²) in [4.78, 5) is 12.9. The molecule has 1 saturated carbocycles. The Balaban J connectivity index is 2.08. The van der Waals surface area contributed by atoms with Gasteiger partial charge in [0.05, 0.1) is 6.54 Å². The zero-order valence-corrected chi connectivity index (χ0v) is 5.71. The molecule has 0 aromatic heterocycles. The van der Waals surface area contributed by atoms with E-state index in [0.29, 0.717) is 18.3 Å². The maximum atomic E-state index is 11.0. The van der Waals surface area contributed by atoms with Crippen molar-refractivity contribution in [2.75, 3.05) is 6.54 Å². The van der Waals surface area contributed by atoms with Crippen molar-refractivity contribution < 1.29 is 4.79 Å². The number of nitrogens with two attached hydrogens (primary N) is 1. The van der Waals surface area contributed by atoms with Crippen molar-refractivity contribution in [3.05, 3.63) is 11.8 Å². The van der Waals surface area contributed by atoms with Gasteiger partial charge in [-0.05, 0) is 12.8 Å². The number of rotatable bonds is 1. The molecule has 1 heterocycles. The molecule has 3 nitrogen and oxygen atoms in total. The first-order valence-corrected chi connectivity index (χ1v) is 3.54. The van der Waals surface area contributed by atoms with Gasteiger partial charge in [0.15, 0.2) is 0 Å². The summed E-state index contributed by atoms with van der Waals surface area (Å²) in [5.74, 6) is 0.0972. The maximum Gasteiger partial charge on any atom is 0.248 e. The van der Waals surface area contributed by atoms with Crippen LogP contribution >= 0.6 is 0 Å². The van der Waals surface area contributed by atoms with Crippen molar-refractivity contribution in [3.63, 3.8) is 0 Å². The molecule has 54 valence electrons. The van der Waals surface area contributed by atoms with E-state index in [1.54, 1.807) is 0 Å². The number of carbonyl (C=O) groups is 1. The molecule has 10 heavy (non-hydrogen) atoms. The molecule has 0 bridgehead atoms. The van der Waals surface area contributed by atoms with E-state index in [2.05, 4.69) is 0 Å². The molecule has 0 aromatic rings. The Morgan fingerprint density at radius 1 is 1.60 bits per heavy atom. The van der Waals surface area contributed by atoms with Crippen LogP contribution in [-0.4, -0.2) is 23.4 Å². The predicted molar refractivity (Wildman–Crippen MR) is 37.0 cm³/mol. The molecule has 2 aliphatic rings. The van der Waals surface area contributed by atoms with Gasteiger partial charge in [0.1, 0.15) is 0 Å². The zero-order valence-electron chi connectivity index (χ0n) is 5.71. The van der Waals surface area contributed by atoms with Crippen molar-refractivity contribution >= 4 is 5.91 Å². The monoisotopic (exact) mass is 138 g/mol. The van der Waals surface area contributed by atoms with Gasteiger partial charge in [0.2, 0.25) is 5.91 Å². The van der Waals surface area contributed by atoms with E-state index in [1.807, 2.05) is 4.90 Å². The van der Waals surface area contributed by atoms with Crippen LogP contribution in [-0.2, 0) is 4.79 Å². The van der Waals surface area contributed by atoms with Crippen molar-refractivity contribution in [1.29, 1.82) is 0 Å². The highest BCUT2D eigenvalue weighted by Crippen LogP contribution is 2.29. The molecular weight excluding hydrogens is 128 g/mol. The molecule has 0 atom stereocenters. The molecular formula is C7H10N2O. The summed E-state index contributed by atoms with van der Waals surface area (Å²) in [5.41, 5.74) is 6.19. The second kappa shape index (κ2) is 1.75. The van der Waals surface area contributed by atoms with Gasteiger partial charge >= 0.3 is 0 Å². The van der Waals surface area contributed by atoms with Crippen molar-refractivity contribution in [3.8, 4) is 0 Å². The normalized spacial score (nSPS) is 25.4. The van der Waals surface area contributed by atoms with Crippen LogP contribution in [0.3, 0.4) is 0 Å². The molecule has 1 amide bonds. The highest BCUT2D eigenvalue weighted by Gasteiger charge is 2.34. The molecule has 1 aliphatic heterocycles. The van der Waals surface area contributed by atoms with Crippen LogP contribution in [0.4, 0.5) is 0 Å². The van der Waals surface area contributed by atoms with Crippen LogP contribution in [0.25, 0.3) is 0 Å². The third-order valence-corrected chi connectivity index (χ3v) is 1.93. The Kier molecular flexibility index (Phi) is 1.01. The second-order valence-corrected chi connectivity index (χ2v) is 2.92. The lowest BCUT2D eigenvalue weighted by atomic mass is 10.5. The molecule has 3 heteroatoms. The van der Waals surface area contributed by atoms with Crippen molar-refractivity contribution in [2.45, 2.75) is 18.9 Å². The smallest absolute Gasteiger partial charge is 0.248 e. The van der Waals surface area contributed by atoms with Crippen LogP contribution in [0.2, 0.25) is 0 Å². The van der Waals surface area contributed by atoms with Gasteiger partial charge in [-0.1, -0.05) is 0 Å². The average Bonchev–Trinajstić information content (AvgIpc) is 2.61. The predicted octanol–water partition coefficient (Wildman–Crippen LogP) is -0.166. The minimum Gasteiger partial charge on any atom is -0.400 e. The molecule has 1 fully saturated rings. The van der Waals surface area contributed by atoms with E-state index < -0.39 is 0 Å². The lowest BCUT2D eigenvalue weighted by molar-refractivity contribution is -0.125. The summed E-state index contributed by atoms with van der Waals surface area (Å²) < 4.78 is 0. The average molecular weight is 138 g/mol. The first-order chi connectivity index (χ1) is 4.77. The molecule has 2 N–H and O–H groups in total. The molecule has 0 aromatic carbocycles. The lowest BCUT2D eigenvalue weighted by Crippen LogP contribution is -2.28. The van der Waals surface area contributed by atoms with Gasteiger partial charge in [-0.25, -0.2) is 0 Å². The van der Waals surface area contributed by atoms with E-state index in [9.17, 15) is 4.79 Å². The summed E-state index contributed by atoms with van der Waals surface area (Å²) in [5, 5.41) is 0. The van der Waals surface area contributed by atoms with Gasteiger partial charge in [-0.2, -0.15) is 0 Å². The summed E-state index contributed by atoms with van der Waals surface area (Å²) >= 11 is 0. The SMILES string of the molecule is NC1=CC(=O)N(C2CC2)C1. The fourth-order valence-corrected chi connectivity index (χ4v) is 1.26. The summed E-state index contributed by atoms with van der Waals surface area (Å²) in [6, 6.07) is 0.504. The second-order valence-electron chi connectivity index (χ2n) is 2.92. The Morgan fingerprint density at radius 3 is 2.70 bits per heavy atom. The van der Waals surface area contributed by atoms with Crippen molar-refractivity contribution in [1.82, 2.24) is 4.90 Å². The number of hydrogen-bond acceptors (Lipinski definition) is 2. The lowest BCUT2D eigenvalue weighted by Gasteiger charge is -2.13. The zero-order chi connectivity index (χ0) is 7.14. The molecule has 2 rings (SSSR count). The van der Waals surface area contributed by atoms with Crippen LogP contribution in [0, 0.1) is 0 Å². The molecule has 0 saturated heterocycles. The standard InChI is InChI=1S/C7H10N2O/c8-5-3-7(10)9(4-5)6-1-2-6/h3,6H,1-2,4,8H2. The number of hydrogen-bond donors (Lipinski definition) is 1. The first kappa shape index (κ1) is 5.77. The summed E-state index contributed by atoms with van der Waals surface area (Å²) in [6.07, 6.45) is 3.85. The minimum atomic E-state index is 0.0972. The summed E-state index contributed by atoms with van der Waals surface area (Å²) in [7, 11) is 0. The van der Waals surface area contributed by atoms with E-state index in [4.69, 9.17) is 5.73 Å². The van der Waals surface area contributed by atoms with E-state index in [-0.39, 0.29) is 5.91 Å². The quantitative estimate of drug-likeness (QED) is 0.547. The van der Waals surface area contributed by atoms with Crippen LogP contribution < -0.4 is 5.73 Å². The Labute approximate surface area is 59.5 Å². The largest absolute Gasteiger partial charge is 0.400 e. The Morgan fingerprint density at radius 2 is 2.30 bits per heavy atom. The van der Waals surface area contributed by atoms with Gasteiger partial charge in [0.25, 0.3) is 0 Å².